The molecule has 0 aromatic carbocycles. The second kappa shape index (κ2) is 8.77. The van der Waals surface area contributed by atoms with E-state index in [9.17, 15) is 28.3 Å². The fourth-order valence-electron chi connectivity index (χ4n) is 8.14. The van der Waals surface area contributed by atoms with Crippen molar-refractivity contribution in [2.45, 2.75) is 89.8 Å². The highest BCUT2D eigenvalue weighted by Gasteiger charge is 2.78. The van der Waals surface area contributed by atoms with E-state index in [1.807, 2.05) is 6.92 Å². The minimum absolute atomic E-state index is 0.0151. The van der Waals surface area contributed by atoms with Crippen molar-refractivity contribution in [2.75, 3.05) is 6.67 Å². The van der Waals surface area contributed by atoms with E-state index >= 15 is 8.78 Å². The van der Waals surface area contributed by atoms with Gasteiger partial charge in [-0.15, -0.1) is 0 Å². The first-order valence-corrected chi connectivity index (χ1v) is 12.7. The minimum atomic E-state index is -2.57. The Balaban J connectivity index is 1.85. The van der Waals surface area contributed by atoms with Gasteiger partial charge in [0.2, 0.25) is 11.6 Å². The molecule has 0 amide bonds. The number of ketones is 2. The maximum absolute atomic E-state index is 17.3. The molecule has 0 aliphatic heterocycles. The Bertz CT molecular complexity index is 1040. The van der Waals surface area contributed by atoms with Crippen LogP contribution in [0.2, 0.25) is 0 Å². The second-order valence-corrected chi connectivity index (χ2v) is 11.5. The molecule has 0 aromatic heterocycles. The number of carbonyl (C=O) groups excluding carboxylic acids is 3. The van der Waals surface area contributed by atoms with Crippen LogP contribution in [0.1, 0.15) is 66.2 Å². The lowest BCUT2D eigenvalue weighted by molar-refractivity contribution is -0.231. The summed E-state index contributed by atoms with van der Waals surface area (Å²) >= 11 is 0. The molecule has 9 atom stereocenters. The first-order valence-electron chi connectivity index (χ1n) is 12.7. The van der Waals surface area contributed by atoms with Crippen LogP contribution in [0.15, 0.2) is 23.6 Å². The van der Waals surface area contributed by atoms with Gasteiger partial charge in [0.05, 0.1) is 6.10 Å². The number of alkyl halides is 3. The number of unbranched alkanes of at least 4 members (excludes halogenated alkanes) is 1. The SMILES string of the molecule is CCCCC(=O)O[C@@]1(C(=O)CF)[C@H](C)C[C@H]2[C@@H]3C[C@H](F)C4=C(F)C(=O)C=C[C@]4(C)[C@@]3(F)[C@@H](O)C[C@@]21C. The lowest BCUT2D eigenvalue weighted by Gasteiger charge is -2.63. The summed E-state index contributed by atoms with van der Waals surface area (Å²) in [5.74, 6) is -6.75. The third kappa shape index (κ3) is 3.19. The molecular formula is C27H34F4O5. The topological polar surface area (TPSA) is 80.7 Å². The van der Waals surface area contributed by atoms with E-state index in [4.69, 9.17) is 4.74 Å². The maximum Gasteiger partial charge on any atom is 0.306 e. The Morgan fingerprint density at radius 2 is 1.89 bits per heavy atom. The number of rotatable bonds is 6. The zero-order valence-corrected chi connectivity index (χ0v) is 21.1. The number of allylic oxidation sites excluding steroid dienone is 4. The van der Waals surface area contributed by atoms with Crippen LogP contribution in [-0.2, 0) is 19.1 Å². The van der Waals surface area contributed by atoms with Crippen molar-refractivity contribution < 1.29 is 41.8 Å². The molecule has 4 aliphatic carbocycles. The molecule has 36 heavy (non-hydrogen) atoms. The minimum Gasteiger partial charge on any atom is -0.450 e. The quantitative estimate of drug-likeness (QED) is 0.405. The van der Waals surface area contributed by atoms with Crippen LogP contribution in [0.4, 0.5) is 17.6 Å². The van der Waals surface area contributed by atoms with Crippen molar-refractivity contribution in [3.05, 3.63) is 23.6 Å². The average molecular weight is 515 g/mol. The van der Waals surface area contributed by atoms with Crippen LogP contribution >= 0.6 is 0 Å². The van der Waals surface area contributed by atoms with Crippen LogP contribution in [0.25, 0.3) is 0 Å². The van der Waals surface area contributed by atoms with Gasteiger partial charge >= 0.3 is 5.97 Å². The Kier molecular flexibility index (Phi) is 6.59. The number of esters is 1. The molecule has 4 aliphatic rings. The van der Waals surface area contributed by atoms with Gasteiger partial charge in [0.15, 0.2) is 23.8 Å². The van der Waals surface area contributed by atoms with Gasteiger partial charge in [0, 0.05) is 34.7 Å². The van der Waals surface area contributed by atoms with Crippen molar-refractivity contribution in [3.8, 4) is 0 Å². The number of hydrogen-bond acceptors (Lipinski definition) is 5. The van der Waals surface area contributed by atoms with Crippen molar-refractivity contribution in [1.82, 2.24) is 0 Å². The predicted octanol–water partition coefficient (Wildman–Crippen LogP) is 4.86. The van der Waals surface area contributed by atoms with Crippen LogP contribution in [0.3, 0.4) is 0 Å². The van der Waals surface area contributed by atoms with Gasteiger partial charge in [-0.2, -0.15) is 0 Å². The van der Waals surface area contributed by atoms with Gasteiger partial charge in [-0.1, -0.05) is 33.3 Å². The number of carbonyl (C=O) groups is 3. The standard InChI is InChI=1S/C27H34F4O5/c1-5-6-7-21(35)36-27(20(34)13-28)14(2)10-15-16-11-17(29)22-23(30)18(32)8-9-24(22,3)26(16,31)19(33)12-25(15,27)4/h8-9,14-17,19,33H,5-7,10-13H2,1-4H3/t14-,15+,16+,17+,19+,24+,25+,26+,27-/m1/s1. The lowest BCUT2D eigenvalue weighted by atomic mass is 9.44. The molecule has 4 rings (SSSR count). The Morgan fingerprint density at radius 1 is 1.22 bits per heavy atom. The summed E-state index contributed by atoms with van der Waals surface area (Å²) in [5.41, 5.74) is -8.46. The van der Waals surface area contributed by atoms with E-state index in [2.05, 4.69) is 0 Å². The highest BCUT2D eigenvalue weighted by atomic mass is 19.2. The third-order valence-electron chi connectivity index (χ3n) is 9.79. The summed E-state index contributed by atoms with van der Waals surface area (Å²) in [5, 5.41) is 11.4. The fraction of sp³-hybridized carbons (Fsp3) is 0.741. The molecule has 5 nitrogen and oxygen atoms in total. The van der Waals surface area contributed by atoms with Crippen LogP contribution in [0, 0.1) is 28.6 Å². The number of ether oxygens (including phenoxy) is 1. The lowest BCUT2D eigenvalue weighted by Crippen LogP contribution is -2.71. The maximum atomic E-state index is 17.3. The average Bonchev–Trinajstić information content (AvgIpc) is 3.03. The molecule has 0 unspecified atom stereocenters. The normalized spacial score (nSPS) is 45.7. The molecule has 3 fully saturated rings. The molecule has 0 bridgehead atoms. The van der Waals surface area contributed by atoms with Gasteiger partial charge in [0.1, 0.15) is 6.17 Å². The van der Waals surface area contributed by atoms with Gasteiger partial charge < -0.3 is 9.84 Å². The van der Waals surface area contributed by atoms with Crippen LogP contribution in [0.5, 0.6) is 0 Å². The molecule has 0 radical (unpaired) electrons. The second-order valence-electron chi connectivity index (χ2n) is 11.5. The van der Waals surface area contributed by atoms with E-state index in [0.29, 0.717) is 12.8 Å². The van der Waals surface area contributed by atoms with E-state index in [-0.39, 0.29) is 19.3 Å². The molecular weight excluding hydrogens is 480 g/mol. The van der Waals surface area contributed by atoms with Gasteiger partial charge in [0.25, 0.3) is 0 Å². The number of aliphatic hydroxyl groups is 1. The summed E-state index contributed by atoms with van der Waals surface area (Å²) in [7, 11) is 0. The summed E-state index contributed by atoms with van der Waals surface area (Å²) < 4.78 is 67.4. The van der Waals surface area contributed by atoms with E-state index < -0.39 is 94.2 Å². The predicted molar refractivity (Wildman–Crippen MR) is 123 cm³/mol. The summed E-state index contributed by atoms with van der Waals surface area (Å²) in [6, 6.07) is 0. The van der Waals surface area contributed by atoms with Crippen LogP contribution < -0.4 is 0 Å². The number of hydrogen-bond donors (Lipinski definition) is 1. The number of fused-ring (bicyclic) bond motifs is 5. The first-order chi connectivity index (χ1) is 16.8. The van der Waals surface area contributed by atoms with Crippen molar-refractivity contribution in [1.29, 1.82) is 0 Å². The molecule has 0 spiro atoms. The zero-order chi connectivity index (χ0) is 26.8. The Hall–Kier alpha value is -2.03. The number of halogens is 4. The zero-order valence-electron chi connectivity index (χ0n) is 21.1. The van der Waals surface area contributed by atoms with E-state index in [1.165, 1.54) is 6.92 Å². The van der Waals surface area contributed by atoms with Crippen molar-refractivity contribution >= 4 is 17.5 Å². The first kappa shape index (κ1) is 27.0. The highest BCUT2D eigenvalue weighted by molar-refractivity contribution is 6.04. The van der Waals surface area contributed by atoms with Gasteiger partial charge in [-0.25, -0.2) is 17.6 Å². The largest absolute Gasteiger partial charge is 0.450 e. The van der Waals surface area contributed by atoms with E-state index in [1.54, 1.807) is 13.8 Å². The van der Waals surface area contributed by atoms with Crippen molar-refractivity contribution in [2.24, 2.45) is 28.6 Å². The smallest absolute Gasteiger partial charge is 0.306 e. The summed E-state index contributed by atoms with van der Waals surface area (Å²) in [4.78, 5) is 37.9. The van der Waals surface area contributed by atoms with Crippen molar-refractivity contribution in [3.63, 3.8) is 0 Å². The number of Topliss-reactive ketones (excluding diaryl/α,β-unsaturated/α-hetero) is 1. The molecule has 3 saturated carbocycles. The Labute approximate surface area is 208 Å². The molecule has 0 heterocycles. The highest BCUT2D eigenvalue weighted by Crippen LogP contribution is 2.72. The molecule has 9 heteroatoms. The molecule has 0 saturated heterocycles. The van der Waals surface area contributed by atoms with Gasteiger partial charge in [-0.05, 0) is 44.6 Å². The summed E-state index contributed by atoms with van der Waals surface area (Å²) in [6.07, 6.45) is -1.41. The molecule has 200 valence electrons. The van der Waals surface area contributed by atoms with E-state index in [0.717, 1.165) is 12.2 Å². The number of aliphatic hydroxyl groups excluding tert-OH is 1. The summed E-state index contributed by atoms with van der Waals surface area (Å²) in [6.45, 7) is 4.93. The van der Waals surface area contributed by atoms with Crippen LogP contribution in [-0.4, -0.2) is 52.9 Å². The van der Waals surface area contributed by atoms with Gasteiger partial charge in [-0.3, -0.25) is 14.4 Å². The molecule has 0 aromatic rings. The Morgan fingerprint density at radius 3 is 2.50 bits per heavy atom. The molecule has 1 N–H and O–H groups in total. The monoisotopic (exact) mass is 514 g/mol. The third-order valence-corrected chi connectivity index (χ3v) is 9.79. The fourth-order valence-corrected chi connectivity index (χ4v) is 8.14.